The molecule has 0 aliphatic rings. The van der Waals surface area contributed by atoms with Gasteiger partial charge in [-0.15, -0.1) is 0 Å². The van der Waals surface area contributed by atoms with Crippen molar-refractivity contribution in [1.29, 1.82) is 0 Å². The van der Waals surface area contributed by atoms with Gasteiger partial charge in [0.1, 0.15) is 5.84 Å². The first-order valence-electron chi connectivity index (χ1n) is 5.75. The third kappa shape index (κ3) is 2.45. The fourth-order valence-electron chi connectivity index (χ4n) is 1.87. The molecular formula is C14H17N3. The predicted octanol–water partition coefficient (Wildman–Crippen LogP) is 2.46. The summed E-state index contributed by atoms with van der Waals surface area (Å²) in [6, 6.07) is 14.6. The fourth-order valence-corrected chi connectivity index (χ4v) is 1.87. The van der Waals surface area contributed by atoms with Crippen molar-refractivity contribution in [3.8, 4) is 0 Å². The van der Waals surface area contributed by atoms with Gasteiger partial charge in [-0.05, 0) is 24.6 Å². The SMILES string of the molecule is CC(C)N=C(NN)c1cccc2ccccc12. The summed E-state index contributed by atoms with van der Waals surface area (Å²) in [7, 11) is 0. The number of hydrazine groups is 1. The second-order valence-corrected chi connectivity index (χ2v) is 4.24. The normalized spacial score (nSPS) is 12.1. The Morgan fingerprint density at radius 3 is 2.53 bits per heavy atom. The minimum absolute atomic E-state index is 0.208. The van der Waals surface area contributed by atoms with Crippen LogP contribution in [0.3, 0.4) is 0 Å². The molecule has 0 heterocycles. The van der Waals surface area contributed by atoms with E-state index in [1.54, 1.807) is 0 Å². The zero-order valence-electron chi connectivity index (χ0n) is 10.1. The maximum Gasteiger partial charge on any atom is 0.143 e. The van der Waals surface area contributed by atoms with E-state index in [0.29, 0.717) is 0 Å². The van der Waals surface area contributed by atoms with Crippen LogP contribution in [0.25, 0.3) is 10.8 Å². The first kappa shape index (κ1) is 11.6. The summed E-state index contributed by atoms with van der Waals surface area (Å²) in [5.41, 5.74) is 3.73. The van der Waals surface area contributed by atoms with Crippen LogP contribution >= 0.6 is 0 Å². The summed E-state index contributed by atoms with van der Waals surface area (Å²) in [6.07, 6.45) is 0. The molecule has 0 aromatic heterocycles. The molecule has 0 bridgehead atoms. The highest BCUT2D eigenvalue weighted by molar-refractivity contribution is 6.09. The van der Waals surface area contributed by atoms with Crippen LogP contribution in [-0.4, -0.2) is 11.9 Å². The average Bonchev–Trinajstić information content (AvgIpc) is 2.35. The van der Waals surface area contributed by atoms with Gasteiger partial charge in [-0.3, -0.25) is 4.99 Å². The Labute approximate surface area is 101 Å². The smallest absolute Gasteiger partial charge is 0.143 e. The molecule has 2 aromatic rings. The van der Waals surface area contributed by atoms with Gasteiger partial charge in [-0.2, -0.15) is 0 Å². The molecule has 3 nitrogen and oxygen atoms in total. The third-order valence-corrected chi connectivity index (χ3v) is 2.57. The number of hydrogen-bond donors (Lipinski definition) is 2. The molecule has 3 N–H and O–H groups in total. The van der Waals surface area contributed by atoms with Crippen molar-refractivity contribution < 1.29 is 0 Å². The van der Waals surface area contributed by atoms with Crippen molar-refractivity contribution in [2.45, 2.75) is 19.9 Å². The number of aliphatic imine (C=N–C) groups is 1. The predicted molar refractivity (Wildman–Crippen MR) is 72.9 cm³/mol. The molecule has 0 saturated carbocycles. The van der Waals surface area contributed by atoms with E-state index in [0.717, 1.165) is 16.8 Å². The molecule has 3 heteroatoms. The van der Waals surface area contributed by atoms with Crippen LogP contribution in [0.15, 0.2) is 47.5 Å². The summed E-state index contributed by atoms with van der Waals surface area (Å²) in [5.74, 6) is 6.30. The van der Waals surface area contributed by atoms with Gasteiger partial charge in [0, 0.05) is 11.6 Å². The zero-order chi connectivity index (χ0) is 12.3. The Morgan fingerprint density at radius 1 is 1.12 bits per heavy atom. The van der Waals surface area contributed by atoms with Gasteiger partial charge < -0.3 is 5.43 Å². The Balaban J connectivity index is 2.61. The highest BCUT2D eigenvalue weighted by Gasteiger charge is 2.06. The summed E-state index contributed by atoms with van der Waals surface area (Å²) >= 11 is 0. The van der Waals surface area contributed by atoms with Crippen LogP contribution in [0, 0.1) is 0 Å². The van der Waals surface area contributed by atoms with E-state index in [1.807, 2.05) is 38.1 Å². The minimum Gasteiger partial charge on any atom is -0.308 e. The lowest BCUT2D eigenvalue weighted by Gasteiger charge is -2.10. The number of nitrogens with zero attached hydrogens (tertiary/aromatic N) is 1. The number of fused-ring (bicyclic) bond motifs is 1. The molecule has 0 radical (unpaired) electrons. The molecule has 0 amide bonds. The van der Waals surface area contributed by atoms with E-state index in [9.17, 15) is 0 Å². The van der Waals surface area contributed by atoms with E-state index < -0.39 is 0 Å². The second kappa shape index (κ2) is 4.97. The first-order chi connectivity index (χ1) is 8.22. The van der Waals surface area contributed by atoms with Crippen LogP contribution in [0.2, 0.25) is 0 Å². The largest absolute Gasteiger partial charge is 0.308 e. The van der Waals surface area contributed by atoms with E-state index in [1.165, 1.54) is 5.39 Å². The lowest BCUT2D eigenvalue weighted by atomic mass is 10.0. The van der Waals surface area contributed by atoms with Crippen molar-refractivity contribution >= 4 is 16.6 Å². The second-order valence-electron chi connectivity index (χ2n) is 4.24. The fraction of sp³-hybridized carbons (Fsp3) is 0.214. The number of hydrogen-bond acceptors (Lipinski definition) is 2. The molecule has 0 fully saturated rings. The van der Waals surface area contributed by atoms with Crippen molar-refractivity contribution in [3.63, 3.8) is 0 Å². The number of amidine groups is 1. The van der Waals surface area contributed by atoms with Gasteiger partial charge in [0.05, 0.1) is 0 Å². The van der Waals surface area contributed by atoms with Crippen molar-refractivity contribution in [2.24, 2.45) is 10.8 Å². The summed E-state index contributed by atoms with van der Waals surface area (Å²) < 4.78 is 0. The number of nitrogens with two attached hydrogens (primary N) is 1. The average molecular weight is 227 g/mol. The lowest BCUT2D eigenvalue weighted by Crippen LogP contribution is -2.32. The van der Waals surface area contributed by atoms with Crippen LogP contribution in [0.4, 0.5) is 0 Å². The van der Waals surface area contributed by atoms with Crippen molar-refractivity contribution in [1.82, 2.24) is 5.43 Å². The quantitative estimate of drug-likeness (QED) is 0.358. The highest BCUT2D eigenvalue weighted by atomic mass is 15.3. The van der Waals surface area contributed by atoms with Crippen LogP contribution in [-0.2, 0) is 0 Å². The molecule has 0 aliphatic carbocycles. The minimum atomic E-state index is 0.208. The molecule has 0 atom stereocenters. The van der Waals surface area contributed by atoms with E-state index in [-0.39, 0.29) is 6.04 Å². The first-order valence-corrected chi connectivity index (χ1v) is 5.75. The zero-order valence-corrected chi connectivity index (χ0v) is 10.1. The summed E-state index contributed by atoms with van der Waals surface area (Å²) in [4.78, 5) is 4.50. The van der Waals surface area contributed by atoms with Crippen molar-refractivity contribution in [2.75, 3.05) is 0 Å². The lowest BCUT2D eigenvalue weighted by molar-refractivity contribution is 0.821. The van der Waals surface area contributed by atoms with E-state index >= 15 is 0 Å². The molecule has 17 heavy (non-hydrogen) atoms. The third-order valence-electron chi connectivity index (χ3n) is 2.57. The topological polar surface area (TPSA) is 50.4 Å². The highest BCUT2D eigenvalue weighted by Crippen LogP contribution is 2.18. The number of benzene rings is 2. The maximum atomic E-state index is 5.56. The molecule has 0 spiro atoms. The van der Waals surface area contributed by atoms with Crippen LogP contribution in [0.5, 0.6) is 0 Å². The Morgan fingerprint density at radius 2 is 1.82 bits per heavy atom. The van der Waals surface area contributed by atoms with Gasteiger partial charge >= 0.3 is 0 Å². The Kier molecular flexibility index (Phi) is 3.40. The van der Waals surface area contributed by atoms with Crippen LogP contribution < -0.4 is 11.3 Å². The summed E-state index contributed by atoms with van der Waals surface area (Å²) in [5, 5.41) is 2.35. The van der Waals surface area contributed by atoms with Crippen molar-refractivity contribution in [3.05, 3.63) is 48.0 Å². The molecule has 88 valence electrons. The Bertz CT molecular complexity index is 539. The number of rotatable bonds is 2. The molecule has 0 saturated heterocycles. The van der Waals surface area contributed by atoms with Crippen LogP contribution in [0.1, 0.15) is 19.4 Å². The number of nitrogens with one attached hydrogen (secondary N) is 1. The van der Waals surface area contributed by atoms with E-state index in [2.05, 4.69) is 28.6 Å². The standard InChI is InChI=1S/C14H17N3/c1-10(2)16-14(17-15)13-9-5-7-11-6-3-4-8-12(11)13/h3-10H,15H2,1-2H3,(H,16,17). The molecule has 2 rings (SSSR count). The van der Waals surface area contributed by atoms with Gasteiger partial charge in [-0.25, -0.2) is 5.84 Å². The van der Waals surface area contributed by atoms with Gasteiger partial charge in [0.2, 0.25) is 0 Å². The van der Waals surface area contributed by atoms with Gasteiger partial charge in [-0.1, -0.05) is 42.5 Å². The summed E-state index contributed by atoms with van der Waals surface area (Å²) in [6.45, 7) is 4.06. The van der Waals surface area contributed by atoms with Gasteiger partial charge in [0.15, 0.2) is 0 Å². The van der Waals surface area contributed by atoms with Gasteiger partial charge in [0.25, 0.3) is 0 Å². The molecule has 2 aromatic carbocycles. The molecular weight excluding hydrogens is 210 g/mol. The molecule has 0 aliphatic heterocycles. The monoisotopic (exact) mass is 227 g/mol. The maximum absolute atomic E-state index is 5.56. The molecule has 0 unspecified atom stereocenters. The van der Waals surface area contributed by atoms with E-state index in [4.69, 9.17) is 5.84 Å². The Hall–Kier alpha value is -1.87.